The van der Waals surface area contributed by atoms with Crippen LogP contribution in [0.4, 0.5) is 0 Å². The Morgan fingerprint density at radius 2 is 2.12 bits per heavy atom. The van der Waals surface area contributed by atoms with E-state index in [4.69, 9.17) is 4.74 Å². The molecule has 0 N–H and O–H groups in total. The lowest BCUT2D eigenvalue weighted by Crippen LogP contribution is -2.11. The van der Waals surface area contributed by atoms with Crippen LogP contribution in [0.15, 0.2) is 18.3 Å². The average molecular weight is 221 g/mol. The van der Waals surface area contributed by atoms with Crippen molar-refractivity contribution in [3.8, 4) is 0 Å². The second kappa shape index (κ2) is 6.00. The molecule has 0 fully saturated rings. The van der Waals surface area contributed by atoms with E-state index < -0.39 is 5.97 Å². The van der Waals surface area contributed by atoms with E-state index in [1.165, 1.54) is 0 Å². The maximum atomic E-state index is 11.7. The minimum absolute atomic E-state index is 0.207. The Balaban J connectivity index is 2.69. The lowest BCUT2D eigenvalue weighted by molar-refractivity contribution is -0.141. The third-order valence-electron chi connectivity index (χ3n) is 2.11. The van der Waals surface area contributed by atoms with Gasteiger partial charge in [-0.3, -0.25) is 14.6 Å². The van der Waals surface area contributed by atoms with E-state index in [1.54, 1.807) is 25.3 Å². The van der Waals surface area contributed by atoms with Crippen LogP contribution in [0.3, 0.4) is 0 Å². The van der Waals surface area contributed by atoms with E-state index in [0.717, 1.165) is 12.1 Å². The number of pyridine rings is 1. The third-order valence-corrected chi connectivity index (χ3v) is 2.11. The molecular weight excluding hydrogens is 206 g/mol. The number of hydrogen-bond acceptors (Lipinski definition) is 4. The molecule has 16 heavy (non-hydrogen) atoms. The van der Waals surface area contributed by atoms with Gasteiger partial charge in [0.15, 0.2) is 5.78 Å². The van der Waals surface area contributed by atoms with Gasteiger partial charge in [-0.2, -0.15) is 0 Å². The van der Waals surface area contributed by atoms with E-state index in [0.29, 0.717) is 12.2 Å². The Kier molecular flexibility index (Phi) is 4.64. The minimum atomic E-state index is -0.484. The molecule has 4 nitrogen and oxygen atoms in total. The highest BCUT2D eigenvalue weighted by Crippen LogP contribution is 2.06. The van der Waals surface area contributed by atoms with E-state index in [-0.39, 0.29) is 12.2 Å². The molecule has 1 heterocycles. The fraction of sp³-hybridized carbons (Fsp3) is 0.417. The summed E-state index contributed by atoms with van der Waals surface area (Å²) in [6.45, 7) is 3.97. The van der Waals surface area contributed by atoms with E-state index in [9.17, 15) is 9.59 Å². The SMILES string of the molecule is CCOC(=O)CC(=O)c1ccnc(CC)c1. The second-order valence-corrected chi connectivity index (χ2v) is 3.29. The summed E-state index contributed by atoms with van der Waals surface area (Å²) in [6, 6.07) is 3.32. The molecular formula is C12H15NO3. The molecule has 1 rings (SSSR count). The molecule has 0 amide bonds. The Hall–Kier alpha value is -1.71. The quantitative estimate of drug-likeness (QED) is 0.432. The molecule has 0 aliphatic heterocycles. The lowest BCUT2D eigenvalue weighted by Gasteiger charge is -2.02. The Labute approximate surface area is 94.6 Å². The number of Topliss-reactive ketones (excluding diaryl/α,β-unsaturated/α-hetero) is 1. The normalized spacial score (nSPS) is 9.88. The number of ether oxygens (including phenoxy) is 1. The van der Waals surface area contributed by atoms with Crippen molar-refractivity contribution in [3.05, 3.63) is 29.6 Å². The van der Waals surface area contributed by atoms with Crippen molar-refractivity contribution in [1.29, 1.82) is 0 Å². The fourth-order valence-corrected chi connectivity index (χ4v) is 1.29. The Morgan fingerprint density at radius 3 is 2.75 bits per heavy atom. The highest BCUT2D eigenvalue weighted by molar-refractivity contribution is 6.05. The van der Waals surface area contributed by atoms with Crippen LogP contribution in [0.5, 0.6) is 0 Å². The molecule has 0 aliphatic carbocycles. The highest BCUT2D eigenvalue weighted by atomic mass is 16.5. The second-order valence-electron chi connectivity index (χ2n) is 3.29. The summed E-state index contributed by atoms with van der Waals surface area (Å²) in [4.78, 5) is 26.9. The smallest absolute Gasteiger partial charge is 0.313 e. The number of aromatic nitrogens is 1. The molecule has 1 aromatic rings. The molecule has 0 aliphatic rings. The first-order valence-corrected chi connectivity index (χ1v) is 5.31. The molecule has 0 saturated heterocycles. The summed E-state index contributed by atoms with van der Waals surface area (Å²) >= 11 is 0. The van der Waals surface area contributed by atoms with Crippen LogP contribution in [0.1, 0.15) is 36.3 Å². The minimum Gasteiger partial charge on any atom is -0.466 e. The number of aryl methyl sites for hydroxylation is 1. The maximum Gasteiger partial charge on any atom is 0.313 e. The fourth-order valence-electron chi connectivity index (χ4n) is 1.29. The first-order chi connectivity index (χ1) is 7.67. The molecule has 1 aromatic heterocycles. The number of rotatable bonds is 5. The number of carbonyl (C=O) groups is 2. The van der Waals surface area contributed by atoms with Gasteiger partial charge in [0.1, 0.15) is 6.42 Å². The summed E-state index contributed by atoms with van der Waals surface area (Å²) in [5.74, 6) is -0.710. The zero-order valence-electron chi connectivity index (χ0n) is 9.53. The predicted molar refractivity (Wildman–Crippen MR) is 59.2 cm³/mol. The summed E-state index contributed by atoms with van der Waals surface area (Å²) in [6.07, 6.45) is 2.14. The molecule has 86 valence electrons. The summed E-state index contributed by atoms with van der Waals surface area (Å²) in [5, 5.41) is 0. The predicted octanol–water partition coefficient (Wildman–Crippen LogP) is 1.78. The van der Waals surface area contributed by atoms with Gasteiger partial charge in [0.05, 0.1) is 6.61 Å². The van der Waals surface area contributed by atoms with Gasteiger partial charge in [-0.15, -0.1) is 0 Å². The third kappa shape index (κ3) is 3.46. The molecule has 0 radical (unpaired) electrons. The molecule has 0 aromatic carbocycles. The van der Waals surface area contributed by atoms with E-state index in [2.05, 4.69) is 4.98 Å². The molecule has 0 unspecified atom stereocenters. The van der Waals surface area contributed by atoms with E-state index >= 15 is 0 Å². The Morgan fingerprint density at radius 1 is 1.38 bits per heavy atom. The van der Waals surface area contributed by atoms with Crippen LogP contribution in [0.2, 0.25) is 0 Å². The molecule has 0 bridgehead atoms. The van der Waals surface area contributed by atoms with Gasteiger partial charge in [-0.1, -0.05) is 6.92 Å². The zero-order valence-corrected chi connectivity index (χ0v) is 9.53. The zero-order chi connectivity index (χ0) is 12.0. The van der Waals surface area contributed by atoms with Crippen molar-refractivity contribution in [3.63, 3.8) is 0 Å². The van der Waals surface area contributed by atoms with Crippen molar-refractivity contribution < 1.29 is 14.3 Å². The number of hydrogen-bond donors (Lipinski definition) is 0. The maximum absolute atomic E-state index is 11.7. The van der Waals surface area contributed by atoms with Crippen molar-refractivity contribution >= 4 is 11.8 Å². The summed E-state index contributed by atoms with van der Waals surface area (Å²) < 4.78 is 4.72. The van der Waals surface area contributed by atoms with Gasteiger partial charge in [-0.25, -0.2) is 0 Å². The van der Waals surface area contributed by atoms with Crippen molar-refractivity contribution in [2.45, 2.75) is 26.7 Å². The largest absolute Gasteiger partial charge is 0.466 e. The van der Waals surface area contributed by atoms with Crippen molar-refractivity contribution in [2.24, 2.45) is 0 Å². The average Bonchev–Trinajstić information content (AvgIpc) is 2.29. The lowest BCUT2D eigenvalue weighted by atomic mass is 10.1. The Bertz CT molecular complexity index is 388. The molecule has 0 saturated carbocycles. The summed E-state index contributed by atoms with van der Waals surface area (Å²) in [7, 11) is 0. The van der Waals surface area contributed by atoms with E-state index in [1.807, 2.05) is 6.92 Å². The van der Waals surface area contributed by atoms with Crippen LogP contribution < -0.4 is 0 Å². The van der Waals surface area contributed by atoms with Gasteiger partial charge in [-0.05, 0) is 25.5 Å². The van der Waals surface area contributed by atoms with Gasteiger partial charge in [0.25, 0.3) is 0 Å². The van der Waals surface area contributed by atoms with Gasteiger partial charge >= 0.3 is 5.97 Å². The van der Waals surface area contributed by atoms with Crippen LogP contribution in [-0.2, 0) is 16.0 Å². The van der Waals surface area contributed by atoms with Crippen molar-refractivity contribution in [2.75, 3.05) is 6.61 Å². The number of carbonyl (C=O) groups excluding carboxylic acids is 2. The van der Waals surface area contributed by atoms with Crippen molar-refractivity contribution in [1.82, 2.24) is 4.98 Å². The number of nitrogens with zero attached hydrogens (tertiary/aromatic N) is 1. The van der Waals surface area contributed by atoms with Crippen LogP contribution >= 0.6 is 0 Å². The van der Waals surface area contributed by atoms with Crippen LogP contribution in [0.25, 0.3) is 0 Å². The number of esters is 1. The van der Waals surface area contributed by atoms with Crippen LogP contribution in [-0.4, -0.2) is 23.3 Å². The summed E-state index contributed by atoms with van der Waals surface area (Å²) in [5.41, 5.74) is 1.36. The topological polar surface area (TPSA) is 56.3 Å². The first kappa shape index (κ1) is 12.4. The molecule has 4 heteroatoms. The molecule has 0 atom stereocenters. The van der Waals surface area contributed by atoms with Gasteiger partial charge < -0.3 is 4.74 Å². The number of ketones is 1. The van der Waals surface area contributed by atoms with Crippen LogP contribution in [0, 0.1) is 0 Å². The van der Waals surface area contributed by atoms with Gasteiger partial charge in [0.2, 0.25) is 0 Å². The first-order valence-electron chi connectivity index (χ1n) is 5.31. The standard InChI is InChI=1S/C12H15NO3/c1-3-10-7-9(5-6-13-10)11(14)8-12(15)16-4-2/h5-7H,3-4,8H2,1-2H3. The highest BCUT2D eigenvalue weighted by Gasteiger charge is 2.12. The molecule has 0 spiro atoms. The monoisotopic (exact) mass is 221 g/mol. The van der Waals surface area contributed by atoms with Gasteiger partial charge in [0, 0.05) is 17.5 Å².